The van der Waals surface area contributed by atoms with Crippen LogP contribution < -0.4 is 5.73 Å². The molecule has 0 spiro atoms. The van der Waals surface area contributed by atoms with E-state index in [2.05, 4.69) is 30.7 Å². The molecule has 0 aliphatic carbocycles. The molecule has 0 aromatic rings. The van der Waals surface area contributed by atoms with E-state index in [1.54, 1.807) is 0 Å². The summed E-state index contributed by atoms with van der Waals surface area (Å²) < 4.78 is 0. The van der Waals surface area contributed by atoms with Gasteiger partial charge in [0.25, 0.3) is 0 Å². The molecule has 1 rings (SSSR count). The van der Waals surface area contributed by atoms with Crippen molar-refractivity contribution in [1.29, 1.82) is 0 Å². The summed E-state index contributed by atoms with van der Waals surface area (Å²) in [5.74, 6) is 0. The highest BCUT2D eigenvalue weighted by atomic mass is 15.2. The second-order valence-electron chi connectivity index (χ2n) is 5.66. The zero-order valence-electron chi connectivity index (χ0n) is 12.0. The van der Waals surface area contributed by atoms with Crippen molar-refractivity contribution in [2.75, 3.05) is 33.2 Å². The maximum atomic E-state index is 5.76. The van der Waals surface area contributed by atoms with Gasteiger partial charge in [0.1, 0.15) is 0 Å². The number of nitrogens with two attached hydrogens (primary N) is 1. The highest BCUT2D eigenvalue weighted by Gasteiger charge is 2.23. The molecule has 1 fully saturated rings. The zero-order chi connectivity index (χ0) is 12.7. The molecule has 102 valence electrons. The predicted molar refractivity (Wildman–Crippen MR) is 75.3 cm³/mol. The van der Waals surface area contributed by atoms with E-state index in [0.717, 1.165) is 6.04 Å². The summed E-state index contributed by atoms with van der Waals surface area (Å²) in [5, 5.41) is 0. The van der Waals surface area contributed by atoms with Crippen molar-refractivity contribution in [1.82, 2.24) is 9.80 Å². The molecule has 0 aromatic carbocycles. The van der Waals surface area contributed by atoms with E-state index in [1.807, 2.05) is 0 Å². The van der Waals surface area contributed by atoms with Crippen molar-refractivity contribution in [3.8, 4) is 0 Å². The van der Waals surface area contributed by atoms with Crippen molar-refractivity contribution in [2.24, 2.45) is 5.73 Å². The molecule has 1 heterocycles. The third-order valence-electron chi connectivity index (χ3n) is 3.88. The van der Waals surface area contributed by atoms with Gasteiger partial charge in [-0.3, -0.25) is 4.90 Å². The van der Waals surface area contributed by atoms with Gasteiger partial charge in [-0.2, -0.15) is 0 Å². The summed E-state index contributed by atoms with van der Waals surface area (Å²) >= 11 is 0. The van der Waals surface area contributed by atoms with E-state index in [9.17, 15) is 0 Å². The second kappa shape index (κ2) is 8.06. The van der Waals surface area contributed by atoms with Crippen LogP contribution in [0.25, 0.3) is 0 Å². The van der Waals surface area contributed by atoms with E-state index in [-0.39, 0.29) is 0 Å². The zero-order valence-corrected chi connectivity index (χ0v) is 12.0. The minimum Gasteiger partial charge on any atom is -0.328 e. The molecule has 3 heteroatoms. The van der Waals surface area contributed by atoms with Crippen LogP contribution in [0.1, 0.15) is 46.0 Å². The first-order valence-electron chi connectivity index (χ1n) is 7.31. The fraction of sp³-hybridized carbons (Fsp3) is 1.00. The maximum Gasteiger partial charge on any atom is 0.0223 e. The number of hydrogen-bond donors (Lipinski definition) is 1. The van der Waals surface area contributed by atoms with Gasteiger partial charge in [0.15, 0.2) is 0 Å². The Labute approximate surface area is 107 Å². The van der Waals surface area contributed by atoms with Gasteiger partial charge in [-0.15, -0.1) is 0 Å². The molecule has 1 aliphatic rings. The lowest BCUT2D eigenvalue weighted by molar-refractivity contribution is 0.196. The Kier molecular flexibility index (Phi) is 7.09. The third kappa shape index (κ3) is 5.84. The monoisotopic (exact) mass is 241 g/mol. The molecule has 2 N–H and O–H groups in total. The second-order valence-corrected chi connectivity index (χ2v) is 5.66. The number of hydrogen-bond acceptors (Lipinski definition) is 3. The Bertz CT molecular complexity index is 194. The van der Waals surface area contributed by atoms with Crippen LogP contribution in [0.3, 0.4) is 0 Å². The number of likely N-dealkylation sites (tertiary alicyclic amines) is 1. The van der Waals surface area contributed by atoms with Gasteiger partial charge in [0, 0.05) is 18.6 Å². The summed E-state index contributed by atoms with van der Waals surface area (Å²) in [6, 6.07) is 1.17. The molecule has 1 saturated heterocycles. The Hall–Kier alpha value is -0.120. The van der Waals surface area contributed by atoms with Gasteiger partial charge in [-0.25, -0.2) is 0 Å². The standard InChI is InChI=1S/C14H31N3/c1-4-17-11-7-9-14(17)12-16(3)10-6-5-8-13(2)15/h13-14H,4-12,15H2,1-3H3. The minimum atomic E-state index is 0.366. The van der Waals surface area contributed by atoms with Crippen molar-refractivity contribution in [2.45, 2.75) is 58.0 Å². The summed E-state index contributed by atoms with van der Waals surface area (Å²) in [4.78, 5) is 5.12. The van der Waals surface area contributed by atoms with Crippen LogP contribution in [0.2, 0.25) is 0 Å². The Morgan fingerprint density at radius 1 is 1.41 bits per heavy atom. The lowest BCUT2D eigenvalue weighted by atomic mass is 10.1. The van der Waals surface area contributed by atoms with Crippen molar-refractivity contribution in [3.05, 3.63) is 0 Å². The van der Waals surface area contributed by atoms with Crippen molar-refractivity contribution in [3.63, 3.8) is 0 Å². The molecular formula is C14H31N3. The molecule has 0 saturated carbocycles. The molecule has 0 aromatic heterocycles. The summed E-state index contributed by atoms with van der Waals surface area (Å²) in [7, 11) is 2.26. The van der Waals surface area contributed by atoms with E-state index in [1.165, 1.54) is 58.3 Å². The Morgan fingerprint density at radius 2 is 2.18 bits per heavy atom. The highest BCUT2D eigenvalue weighted by Crippen LogP contribution is 2.17. The Morgan fingerprint density at radius 3 is 2.82 bits per heavy atom. The Balaban J connectivity index is 2.09. The van der Waals surface area contributed by atoms with Crippen molar-refractivity contribution >= 4 is 0 Å². The molecule has 0 amide bonds. The van der Waals surface area contributed by atoms with Gasteiger partial charge in [-0.1, -0.05) is 13.3 Å². The first-order valence-corrected chi connectivity index (χ1v) is 7.31. The SMILES string of the molecule is CCN1CCCC1CN(C)CCCCC(C)N. The van der Waals surface area contributed by atoms with Gasteiger partial charge < -0.3 is 10.6 Å². The van der Waals surface area contributed by atoms with E-state index < -0.39 is 0 Å². The van der Waals surface area contributed by atoms with Crippen LogP contribution in [0.15, 0.2) is 0 Å². The van der Waals surface area contributed by atoms with Gasteiger partial charge >= 0.3 is 0 Å². The van der Waals surface area contributed by atoms with Gasteiger partial charge in [-0.05, 0) is 59.3 Å². The molecule has 0 radical (unpaired) electrons. The van der Waals surface area contributed by atoms with Crippen LogP contribution in [-0.4, -0.2) is 55.1 Å². The first-order chi connectivity index (χ1) is 8.13. The van der Waals surface area contributed by atoms with Crippen LogP contribution in [-0.2, 0) is 0 Å². The van der Waals surface area contributed by atoms with E-state index in [0.29, 0.717) is 6.04 Å². The highest BCUT2D eigenvalue weighted by molar-refractivity contribution is 4.80. The minimum absolute atomic E-state index is 0.366. The first kappa shape index (κ1) is 14.9. The quantitative estimate of drug-likeness (QED) is 0.659. The van der Waals surface area contributed by atoms with E-state index >= 15 is 0 Å². The molecule has 17 heavy (non-hydrogen) atoms. The van der Waals surface area contributed by atoms with Crippen molar-refractivity contribution < 1.29 is 0 Å². The number of nitrogens with zero attached hydrogens (tertiary/aromatic N) is 2. The predicted octanol–water partition coefficient (Wildman–Crippen LogP) is 1.92. The smallest absolute Gasteiger partial charge is 0.0223 e. The number of likely N-dealkylation sites (N-methyl/N-ethyl adjacent to an activating group) is 2. The molecule has 2 atom stereocenters. The maximum absolute atomic E-state index is 5.76. The van der Waals surface area contributed by atoms with Gasteiger partial charge in [0.2, 0.25) is 0 Å². The number of unbranched alkanes of at least 4 members (excludes halogenated alkanes) is 1. The number of rotatable bonds is 8. The van der Waals surface area contributed by atoms with E-state index in [4.69, 9.17) is 5.73 Å². The average Bonchev–Trinajstić information content (AvgIpc) is 2.71. The third-order valence-corrected chi connectivity index (χ3v) is 3.88. The average molecular weight is 241 g/mol. The molecule has 3 nitrogen and oxygen atoms in total. The molecular weight excluding hydrogens is 210 g/mol. The molecule has 1 aliphatic heterocycles. The topological polar surface area (TPSA) is 32.5 Å². The largest absolute Gasteiger partial charge is 0.328 e. The lowest BCUT2D eigenvalue weighted by Gasteiger charge is -2.27. The summed E-state index contributed by atoms with van der Waals surface area (Å²) in [5.41, 5.74) is 5.76. The molecule has 0 bridgehead atoms. The summed E-state index contributed by atoms with van der Waals surface area (Å²) in [6.07, 6.45) is 6.49. The van der Waals surface area contributed by atoms with Gasteiger partial charge in [0.05, 0.1) is 0 Å². The van der Waals surface area contributed by atoms with Crippen LogP contribution in [0.5, 0.6) is 0 Å². The van der Waals surface area contributed by atoms with Crippen LogP contribution >= 0.6 is 0 Å². The van der Waals surface area contributed by atoms with Crippen LogP contribution in [0.4, 0.5) is 0 Å². The fourth-order valence-electron chi connectivity index (χ4n) is 2.82. The fourth-order valence-corrected chi connectivity index (χ4v) is 2.82. The van der Waals surface area contributed by atoms with Crippen LogP contribution in [0, 0.1) is 0 Å². The summed E-state index contributed by atoms with van der Waals surface area (Å²) in [6.45, 7) is 9.36. The lowest BCUT2D eigenvalue weighted by Crippen LogP contribution is -2.39. The normalized spacial score (nSPS) is 23.5. The molecule has 2 unspecified atom stereocenters.